The summed E-state index contributed by atoms with van der Waals surface area (Å²) in [5.41, 5.74) is 0.471. The molecule has 0 fully saturated rings. The van der Waals surface area contributed by atoms with Crippen LogP contribution in [0, 0.1) is 6.92 Å². The zero-order valence-corrected chi connectivity index (χ0v) is 8.56. The van der Waals surface area contributed by atoms with Crippen molar-refractivity contribution in [3.05, 3.63) is 29.8 Å². The van der Waals surface area contributed by atoms with Crippen molar-refractivity contribution >= 4 is 0 Å². The van der Waals surface area contributed by atoms with Crippen LogP contribution in [0.15, 0.2) is 24.3 Å². The van der Waals surface area contributed by atoms with Gasteiger partial charge in [0.2, 0.25) is 0 Å². The van der Waals surface area contributed by atoms with Crippen molar-refractivity contribution in [1.29, 1.82) is 0 Å². The number of halogens is 6. The first kappa shape index (κ1) is 13.7. The first-order valence-corrected chi connectivity index (χ1v) is 4.46. The van der Waals surface area contributed by atoms with Gasteiger partial charge in [0.1, 0.15) is 5.75 Å². The standard InChI is InChI=1S/C10H8F6O/c1-6-3-2-4-7(5-6)17-10(15,16)9(13,14)8(11)12/h2-5,8H,1H3. The molecule has 0 aromatic heterocycles. The van der Waals surface area contributed by atoms with E-state index in [0.29, 0.717) is 5.56 Å². The average Bonchev–Trinajstić information content (AvgIpc) is 2.16. The van der Waals surface area contributed by atoms with Gasteiger partial charge in [0.05, 0.1) is 0 Å². The number of ether oxygens (including phenoxy) is 1. The Balaban J connectivity index is 2.93. The monoisotopic (exact) mass is 258 g/mol. The Kier molecular flexibility index (Phi) is 3.59. The van der Waals surface area contributed by atoms with Crippen LogP contribution in [0.2, 0.25) is 0 Å². The zero-order chi connectivity index (χ0) is 13.3. The maximum Gasteiger partial charge on any atom is 0.470 e. The summed E-state index contributed by atoms with van der Waals surface area (Å²) >= 11 is 0. The normalized spacial score (nSPS) is 12.9. The van der Waals surface area contributed by atoms with E-state index in [1.807, 2.05) is 0 Å². The Morgan fingerprint density at radius 2 is 1.71 bits per heavy atom. The molecule has 0 atom stereocenters. The smallest absolute Gasteiger partial charge is 0.428 e. The highest BCUT2D eigenvalue weighted by atomic mass is 19.3. The molecule has 0 aliphatic carbocycles. The zero-order valence-electron chi connectivity index (χ0n) is 8.56. The van der Waals surface area contributed by atoms with Gasteiger partial charge in [0.25, 0.3) is 0 Å². The number of hydrogen-bond donors (Lipinski definition) is 0. The van der Waals surface area contributed by atoms with Gasteiger partial charge in [-0.25, -0.2) is 8.78 Å². The summed E-state index contributed by atoms with van der Waals surface area (Å²) in [7, 11) is 0. The van der Waals surface area contributed by atoms with Crippen molar-refractivity contribution in [3.63, 3.8) is 0 Å². The fourth-order valence-corrected chi connectivity index (χ4v) is 1.02. The van der Waals surface area contributed by atoms with Gasteiger partial charge in [-0.2, -0.15) is 17.6 Å². The van der Waals surface area contributed by atoms with Crippen LogP contribution in [-0.2, 0) is 0 Å². The summed E-state index contributed by atoms with van der Waals surface area (Å²) in [5, 5.41) is 0. The summed E-state index contributed by atoms with van der Waals surface area (Å²) in [5.74, 6) is -6.15. The minimum atomic E-state index is -5.54. The number of alkyl halides is 6. The predicted molar refractivity (Wildman–Crippen MR) is 47.7 cm³/mol. The van der Waals surface area contributed by atoms with E-state index >= 15 is 0 Å². The molecular formula is C10H8F6O. The molecule has 1 aromatic rings. The van der Waals surface area contributed by atoms with Crippen molar-refractivity contribution in [2.75, 3.05) is 0 Å². The third kappa shape index (κ3) is 2.83. The largest absolute Gasteiger partial charge is 0.470 e. The van der Waals surface area contributed by atoms with Crippen LogP contribution in [0.3, 0.4) is 0 Å². The summed E-state index contributed by atoms with van der Waals surface area (Å²) < 4.78 is 77.8. The van der Waals surface area contributed by atoms with Gasteiger partial charge in [-0.3, -0.25) is 0 Å². The molecule has 7 heteroatoms. The van der Waals surface area contributed by atoms with Crippen molar-refractivity contribution < 1.29 is 31.1 Å². The molecule has 0 saturated heterocycles. The molecule has 0 bridgehead atoms. The molecule has 0 aliphatic heterocycles. The summed E-state index contributed by atoms with van der Waals surface area (Å²) in [4.78, 5) is 0. The van der Waals surface area contributed by atoms with Crippen LogP contribution >= 0.6 is 0 Å². The van der Waals surface area contributed by atoms with Gasteiger partial charge < -0.3 is 4.74 Å². The SMILES string of the molecule is Cc1cccc(OC(F)(F)C(F)(F)C(F)F)c1. The number of rotatable bonds is 4. The Hall–Kier alpha value is -1.40. The minimum Gasteiger partial charge on any atom is -0.428 e. The Morgan fingerprint density at radius 3 is 2.18 bits per heavy atom. The lowest BCUT2D eigenvalue weighted by Crippen LogP contribution is -2.50. The van der Waals surface area contributed by atoms with Gasteiger partial charge in [-0.15, -0.1) is 0 Å². The van der Waals surface area contributed by atoms with E-state index in [0.717, 1.165) is 12.1 Å². The number of aryl methyl sites for hydroxylation is 1. The Morgan fingerprint density at radius 1 is 1.12 bits per heavy atom. The molecular weight excluding hydrogens is 250 g/mol. The molecule has 0 aliphatic rings. The Labute approximate surface area is 93.0 Å². The lowest BCUT2D eigenvalue weighted by Gasteiger charge is -2.25. The third-order valence-electron chi connectivity index (χ3n) is 1.90. The lowest BCUT2D eigenvalue weighted by molar-refractivity contribution is -0.342. The molecule has 1 nitrogen and oxygen atoms in total. The van der Waals surface area contributed by atoms with Crippen LogP contribution in [-0.4, -0.2) is 18.5 Å². The highest BCUT2D eigenvalue weighted by molar-refractivity contribution is 5.27. The topological polar surface area (TPSA) is 9.23 Å². The molecule has 0 heterocycles. The first-order chi connectivity index (χ1) is 7.67. The highest BCUT2D eigenvalue weighted by Crippen LogP contribution is 2.40. The van der Waals surface area contributed by atoms with Crippen molar-refractivity contribution in [1.82, 2.24) is 0 Å². The first-order valence-electron chi connectivity index (χ1n) is 4.46. The van der Waals surface area contributed by atoms with E-state index < -0.39 is 24.2 Å². The fourth-order valence-electron chi connectivity index (χ4n) is 1.02. The van der Waals surface area contributed by atoms with Crippen molar-refractivity contribution in [2.45, 2.75) is 25.4 Å². The van der Waals surface area contributed by atoms with E-state index in [2.05, 4.69) is 4.74 Å². The lowest BCUT2D eigenvalue weighted by atomic mass is 10.2. The molecule has 1 rings (SSSR count). The fraction of sp³-hybridized carbons (Fsp3) is 0.400. The quantitative estimate of drug-likeness (QED) is 0.745. The summed E-state index contributed by atoms with van der Waals surface area (Å²) in [6, 6.07) is 4.80. The average molecular weight is 258 g/mol. The molecule has 0 unspecified atom stereocenters. The molecule has 0 spiro atoms. The minimum absolute atomic E-state index is 0.471. The number of hydrogen-bond acceptors (Lipinski definition) is 1. The molecule has 96 valence electrons. The molecule has 1 aromatic carbocycles. The van der Waals surface area contributed by atoms with Gasteiger partial charge >= 0.3 is 18.5 Å². The van der Waals surface area contributed by atoms with Gasteiger partial charge in [-0.1, -0.05) is 12.1 Å². The second-order valence-electron chi connectivity index (χ2n) is 3.36. The van der Waals surface area contributed by atoms with Crippen LogP contribution in [0.25, 0.3) is 0 Å². The van der Waals surface area contributed by atoms with Crippen molar-refractivity contribution in [2.24, 2.45) is 0 Å². The molecule has 17 heavy (non-hydrogen) atoms. The summed E-state index contributed by atoms with van der Waals surface area (Å²) in [6.45, 7) is 1.51. The van der Waals surface area contributed by atoms with E-state index in [9.17, 15) is 26.3 Å². The third-order valence-corrected chi connectivity index (χ3v) is 1.90. The molecule has 0 N–H and O–H groups in total. The van der Waals surface area contributed by atoms with E-state index in [1.165, 1.54) is 19.1 Å². The van der Waals surface area contributed by atoms with Gasteiger partial charge in [-0.05, 0) is 24.6 Å². The van der Waals surface area contributed by atoms with Crippen LogP contribution in [0.5, 0.6) is 5.75 Å². The van der Waals surface area contributed by atoms with E-state index in [4.69, 9.17) is 0 Å². The predicted octanol–water partition coefficient (Wildman–Crippen LogP) is 3.87. The maximum absolute atomic E-state index is 12.8. The second-order valence-corrected chi connectivity index (χ2v) is 3.36. The second kappa shape index (κ2) is 4.46. The Bertz CT molecular complexity index is 390. The molecule has 0 radical (unpaired) electrons. The van der Waals surface area contributed by atoms with E-state index in [-0.39, 0.29) is 0 Å². The molecule has 0 amide bonds. The van der Waals surface area contributed by atoms with E-state index in [1.54, 1.807) is 0 Å². The number of benzene rings is 1. The molecule has 0 saturated carbocycles. The van der Waals surface area contributed by atoms with Crippen molar-refractivity contribution in [3.8, 4) is 5.75 Å². The summed E-state index contributed by atoms with van der Waals surface area (Å²) in [6.07, 6.45) is -9.78. The highest BCUT2D eigenvalue weighted by Gasteiger charge is 2.66. The van der Waals surface area contributed by atoms with Crippen LogP contribution in [0.4, 0.5) is 26.3 Å². The maximum atomic E-state index is 12.8. The van der Waals surface area contributed by atoms with Crippen LogP contribution < -0.4 is 4.74 Å². The van der Waals surface area contributed by atoms with Crippen LogP contribution in [0.1, 0.15) is 5.56 Å². The van der Waals surface area contributed by atoms with Gasteiger partial charge in [0, 0.05) is 0 Å². The van der Waals surface area contributed by atoms with Gasteiger partial charge in [0.15, 0.2) is 0 Å².